The van der Waals surface area contributed by atoms with E-state index in [0.29, 0.717) is 30.0 Å². The Hall–Kier alpha value is -1.07. The molecule has 6 heteroatoms. The Morgan fingerprint density at radius 2 is 2.00 bits per heavy atom. The summed E-state index contributed by atoms with van der Waals surface area (Å²) in [5, 5.41) is 2.77. The fourth-order valence-electron chi connectivity index (χ4n) is 1.79. The fourth-order valence-corrected chi connectivity index (χ4v) is 3.02. The van der Waals surface area contributed by atoms with E-state index in [1.54, 1.807) is 12.1 Å². The minimum atomic E-state index is -3.84. The molecule has 0 saturated heterocycles. The second-order valence-electron chi connectivity index (χ2n) is 5.05. The van der Waals surface area contributed by atoms with Crippen molar-refractivity contribution in [1.82, 2.24) is 5.32 Å². The van der Waals surface area contributed by atoms with Crippen molar-refractivity contribution in [3.8, 4) is 0 Å². The second-order valence-corrected chi connectivity index (χ2v) is 7.59. The van der Waals surface area contributed by atoms with Crippen molar-refractivity contribution in [2.45, 2.75) is 38.5 Å². The molecule has 1 aromatic carbocycles. The van der Waals surface area contributed by atoms with E-state index >= 15 is 0 Å². The van der Waals surface area contributed by atoms with Crippen molar-refractivity contribution >= 4 is 25.6 Å². The summed E-state index contributed by atoms with van der Waals surface area (Å²) in [6.45, 7) is 6.54. The largest absolute Gasteiger partial charge is 0.352 e. The van der Waals surface area contributed by atoms with Crippen LogP contribution in [0.2, 0.25) is 0 Å². The van der Waals surface area contributed by atoms with Gasteiger partial charge in [0.15, 0.2) is 0 Å². The molecule has 20 heavy (non-hydrogen) atoms. The predicted octanol–water partition coefficient (Wildman–Crippen LogP) is 2.95. The van der Waals surface area contributed by atoms with Gasteiger partial charge in [0.25, 0.3) is 15.0 Å². The zero-order valence-electron chi connectivity index (χ0n) is 11.9. The molecule has 112 valence electrons. The first-order valence-electron chi connectivity index (χ1n) is 6.61. The van der Waals surface area contributed by atoms with Crippen LogP contribution in [0.4, 0.5) is 0 Å². The van der Waals surface area contributed by atoms with E-state index in [2.05, 4.69) is 19.2 Å². The summed E-state index contributed by atoms with van der Waals surface area (Å²) in [6.07, 6.45) is 1.41. The van der Waals surface area contributed by atoms with Gasteiger partial charge < -0.3 is 5.32 Å². The topological polar surface area (TPSA) is 63.2 Å². The van der Waals surface area contributed by atoms with E-state index in [1.165, 1.54) is 6.07 Å². The van der Waals surface area contributed by atoms with E-state index in [0.717, 1.165) is 6.42 Å². The molecule has 0 spiro atoms. The molecule has 0 aromatic heterocycles. The van der Waals surface area contributed by atoms with Crippen LogP contribution in [0.15, 0.2) is 23.1 Å². The maximum absolute atomic E-state index is 12.0. The number of amides is 1. The van der Waals surface area contributed by atoms with Crippen molar-refractivity contribution in [3.63, 3.8) is 0 Å². The number of halogens is 1. The number of aryl methyl sites for hydroxylation is 1. The highest BCUT2D eigenvalue weighted by Gasteiger charge is 2.17. The van der Waals surface area contributed by atoms with Crippen molar-refractivity contribution in [2.24, 2.45) is 5.92 Å². The summed E-state index contributed by atoms with van der Waals surface area (Å²) in [5.41, 5.74) is 0.920. The van der Waals surface area contributed by atoms with E-state index in [-0.39, 0.29) is 10.8 Å². The molecule has 0 unspecified atom stereocenters. The molecule has 0 aliphatic carbocycles. The summed E-state index contributed by atoms with van der Waals surface area (Å²) < 4.78 is 23.0. The first kappa shape index (κ1) is 17.0. The van der Waals surface area contributed by atoms with Crippen LogP contribution in [-0.4, -0.2) is 20.9 Å². The molecule has 4 nitrogen and oxygen atoms in total. The summed E-state index contributed by atoms with van der Waals surface area (Å²) in [4.78, 5) is 12.0. The third kappa shape index (κ3) is 4.80. The maximum Gasteiger partial charge on any atom is 0.261 e. The van der Waals surface area contributed by atoms with Gasteiger partial charge in [-0.05, 0) is 36.5 Å². The van der Waals surface area contributed by atoms with Gasteiger partial charge in [-0.15, -0.1) is 0 Å². The lowest BCUT2D eigenvalue weighted by Gasteiger charge is -2.10. The molecule has 0 radical (unpaired) electrons. The number of benzene rings is 1. The van der Waals surface area contributed by atoms with Crippen LogP contribution in [0.1, 0.15) is 43.1 Å². The summed E-state index contributed by atoms with van der Waals surface area (Å²) in [5.74, 6) is 0.214. The minimum absolute atomic E-state index is 0.0122. The van der Waals surface area contributed by atoms with Gasteiger partial charge in [-0.3, -0.25) is 4.79 Å². The molecule has 0 fully saturated rings. The van der Waals surface area contributed by atoms with Crippen molar-refractivity contribution < 1.29 is 13.2 Å². The molecule has 0 aliphatic heterocycles. The first-order chi connectivity index (χ1) is 9.25. The van der Waals surface area contributed by atoms with Gasteiger partial charge in [0.1, 0.15) is 0 Å². The molecule has 1 aromatic rings. The number of nitrogens with one attached hydrogen (secondary N) is 1. The van der Waals surface area contributed by atoms with Gasteiger partial charge in [0, 0.05) is 22.8 Å². The lowest BCUT2D eigenvalue weighted by Crippen LogP contribution is -2.25. The standard InChI is InChI=1S/C14H20ClNO3S/c1-4-11-5-6-12(9-13(11)20(15,18)19)14(17)16-8-7-10(2)3/h5-6,9-10H,4,7-8H2,1-3H3,(H,16,17). The number of carbonyl (C=O) groups is 1. The molecule has 0 bridgehead atoms. The molecular weight excluding hydrogens is 298 g/mol. The van der Waals surface area contributed by atoms with Crippen LogP contribution in [0.3, 0.4) is 0 Å². The van der Waals surface area contributed by atoms with Gasteiger partial charge in [0.2, 0.25) is 0 Å². The molecule has 0 saturated carbocycles. The number of hydrogen-bond donors (Lipinski definition) is 1. The third-order valence-corrected chi connectivity index (χ3v) is 4.38. The van der Waals surface area contributed by atoms with E-state index < -0.39 is 9.05 Å². The average Bonchev–Trinajstić information content (AvgIpc) is 2.36. The van der Waals surface area contributed by atoms with E-state index in [4.69, 9.17) is 10.7 Å². The maximum atomic E-state index is 12.0. The van der Waals surface area contributed by atoms with Crippen LogP contribution in [-0.2, 0) is 15.5 Å². The fraction of sp³-hybridized carbons (Fsp3) is 0.500. The van der Waals surface area contributed by atoms with Gasteiger partial charge >= 0.3 is 0 Å². The molecular formula is C14H20ClNO3S. The smallest absolute Gasteiger partial charge is 0.261 e. The summed E-state index contributed by atoms with van der Waals surface area (Å²) >= 11 is 0. The highest BCUT2D eigenvalue weighted by Crippen LogP contribution is 2.22. The van der Waals surface area contributed by atoms with Crippen molar-refractivity contribution in [2.75, 3.05) is 6.54 Å². The lowest BCUT2D eigenvalue weighted by atomic mass is 10.1. The van der Waals surface area contributed by atoms with Crippen LogP contribution in [0.5, 0.6) is 0 Å². The highest BCUT2D eigenvalue weighted by atomic mass is 35.7. The van der Waals surface area contributed by atoms with Crippen LogP contribution < -0.4 is 5.32 Å². The van der Waals surface area contributed by atoms with Crippen molar-refractivity contribution in [1.29, 1.82) is 0 Å². The average molecular weight is 318 g/mol. The first-order valence-corrected chi connectivity index (χ1v) is 8.92. The Kier molecular flexibility index (Phi) is 6.02. The molecule has 0 aliphatic rings. The van der Waals surface area contributed by atoms with Crippen molar-refractivity contribution in [3.05, 3.63) is 29.3 Å². The Balaban J connectivity index is 2.95. The Morgan fingerprint density at radius 1 is 1.35 bits per heavy atom. The number of carbonyl (C=O) groups excluding carboxylic acids is 1. The van der Waals surface area contributed by atoms with E-state index in [9.17, 15) is 13.2 Å². The van der Waals surface area contributed by atoms with Crippen LogP contribution >= 0.6 is 10.7 Å². The Bertz CT molecular complexity index is 582. The SMILES string of the molecule is CCc1ccc(C(=O)NCCC(C)C)cc1S(=O)(=O)Cl. The second kappa shape index (κ2) is 7.09. The molecule has 0 heterocycles. The van der Waals surface area contributed by atoms with Crippen LogP contribution in [0.25, 0.3) is 0 Å². The molecule has 1 N–H and O–H groups in total. The highest BCUT2D eigenvalue weighted by molar-refractivity contribution is 8.13. The van der Waals surface area contributed by atoms with Gasteiger partial charge in [-0.1, -0.05) is 26.8 Å². The quantitative estimate of drug-likeness (QED) is 0.820. The zero-order valence-corrected chi connectivity index (χ0v) is 13.5. The third-order valence-electron chi connectivity index (χ3n) is 2.98. The lowest BCUT2D eigenvalue weighted by molar-refractivity contribution is 0.0952. The Labute approximate surface area is 124 Å². The summed E-state index contributed by atoms with van der Waals surface area (Å²) in [6, 6.07) is 4.59. The predicted molar refractivity (Wildman–Crippen MR) is 80.6 cm³/mol. The summed E-state index contributed by atoms with van der Waals surface area (Å²) in [7, 11) is 1.56. The molecule has 0 atom stereocenters. The minimum Gasteiger partial charge on any atom is -0.352 e. The number of hydrogen-bond acceptors (Lipinski definition) is 3. The number of rotatable bonds is 6. The Morgan fingerprint density at radius 3 is 2.50 bits per heavy atom. The van der Waals surface area contributed by atoms with Gasteiger partial charge in [-0.2, -0.15) is 0 Å². The van der Waals surface area contributed by atoms with Gasteiger partial charge in [0.05, 0.1) is 4.90 Å². The monoisotopic (exact) mass is 317 g/mol. The molecule has 1 amide bonds. The zero-order chi connectivity index (χ0) is 15.3. The van der Waals surface area contributed by atoms with Gasteiger partial charge in [-0.25, -0.2) is 8.42 Å². The van der Waals surface area contributed by atoms with Crippen LogP contribution in [0, 0.1) is 5.92 Å². The van der Waals surface area contributed by atoms with E-state index in [1.807, 2.05) is 6.92 Å². The molecule has 1 rings (SSSR count). The normalized spacial score (nSPS) is 11.7.